The molecule has 150 valence electrons. The monoisotopic (exact) mass is 390 g/mol. The molecule has 0 amide bonds. The molecule has 2 heterocycles. The number of benzene rings is 1. The largest absolute Gasteiger partial charge is 0.496 e. The van der Waals surface area contributed by atoms with E-state index in [2.05, 4.69) is 38.2 Å². The molecule has 3 aromatic rings. The molecule has 29 heavy (non-hydrogen) atoms. The summed E-state index contributed by atoms with van der Waals surface area (Å²) in [4.78, 5) is 12.3. The number of pyridine rings is 1. The summed E-state index contributed by atoms with van der Waals surface area (Å²) in [7, 11) is 3.44. The van der Waals surface area contributed by atoms with Gasteiger partial charge >= 0.3 is 0 Å². The fraction of sp³-hybridized carbons (Fsp3) is 0.182. The second-order valence-electron chi connectivity index (χ2n) is 6.71. The van der Waals surface area contributed by atoms with Crippen LogP contribution in [-0.2, 0) is 0 Å². The number of guanidine groups is 1. The van der Waals surface area contributed by atoms with E-state index in [0.29, 0.717) is 0 Å². The number of aryl methyl sites for hydroxylation is 1. The van der Waals surface area contributed by atoms with E-state index in [1.165, 1.54) is 0 Å². The zero-order valence-corrected chi connectivity index (χ0v) is 17.1. The summed E-state index contributed by atoms with van der Waals surface area (Å²) >= 11 is 0. The highest BCUT2D eigenvalue weighted by Gasteiger charge is 2.11. The second kappa shape index (κ2) is 8.52. The van der Waals surface area contributed by atoms with Crippen LogP contribution in [0.1, 0.15) is 12.6 Å². The van der Waals surface area contributed by atoms with Gasteiger partial charge in [0.05, 0.1) is 12.8 Å². The number of hydrogen-bond donors (Lipinski definition) is 4. The molecule has 0 aliphatic rings. The van der Waals surface area contributed by atoms with E-state index >= 15 is 0 Å². The molecule has 3 rings (SSSR count). The summed E-state index contributed by atoms with van der Waals surface area (Å²) in [6.45, 7) is 7.73. The van der Waals surface area contributed by atoms with Crippen molar-refractivity contribution < 1.29 is 4.74 Å². The number of fused-ring (bicyclic) bond motifs is 1. The number of H-pyrrole nitrogens is 1. The molecule has 0 radical (unpaired) electrons. The van der Waals surface area contributed by atoms with Crippen LogP contribution in [0.15, 0.2) is 65.6 Å². The summed E-state index contributed by atoms with van der Waals surface area (Å²) in [6, 6.07) is 9.78. The molecule has 1 aromatic carbocycles. The fourth-order valence-electron chi connectivity index (χ4n) is 3.03. The number of likely N-dealkylation sites (N-methyl/N-ethyl adjacent to an activating group) is 1. The predicted molar refractivity (Wildman–Crippen MR) is 120 cm³/mol. The van der Waals surface area contributed by atoms with Gasteiger partial charge < -0.3 is 26.1 Å². The van der Waals surface area contributed by atoms with Crippen molar-refractivity contribution in [2.24, 2.45) is 10.7 Å². The Labute approximate surface area is 170 Å². The van der Waals surface area contributed by atoms with Gasteiger partial charge in [0.1, 0.15) is 5.75 Å². The second-order valence-corrected chi connectivity index (χ2v) is 6.71. The van der Waals surface area contributed by atoms with Crippen LogP contribution in [0.25, 0.3) is 22.2 Å². The highest BCUT2D eigenvalue weighted by Crippen LogP contribution is 2.32. The highest BCUT2D eigenvalue weighted by molar-refractivity contribution is 5.94. The van der Waals surface area contributed by atoms with E-state index < -0.39 is 0 Å². The van der Waals surface area contributed by atoms with Gasteiger partial charge in [0.2, 0.25) is 0 Å². The van der Waals surface area contributed by atoms with Crippen LogP contribution in [0.5, 0.6) is 5.75 Å². The number of aliphatic imine (C=N–C) groups is 1. The van der Waals surface area contributed by atoms with Crippen LogP contribution in [0.2, 0.25) is 0 Å². The number of allylic oxidation sites excluding steroid dienone is 2. The number of hydrogen-bond acceptors (Lipinski definition) is 4. The average Bonchev–Trinajstić information content (AvgIpc) is 3.06. The third-order valence-electron chi connectivity index (χ3n) is 4.39. The van der Waals surface area contributed by atoms with Gasteiger partial charge in [0, 0.05) is 52.5 Å². The Hall–Kier alpha value is -3.74. The first-order valence-electron chi connectivity index (χ1n) is 9.19. The van der Waals surface area contributed by atoms with Crippen molar-refractivity contribution in [1.82, 2.24) is 15.3 Å². The zero-order valence-electron chi connectivity index (χ0n) is 17.1. The number of aromatic amines is 1. The van der Waals surface area contributed by atoms with Gasteiger partial charge in [-0.3, -0.25) is 4.98 Å². The quantitative estimate of drug-likeness (QED) is 0.290. The molecule has 7 heteroatoms. The van der Waals surface area contributed by atoms with Crippen LogP contribution >= 0.6 is 0 Å². The minimum atomic E-state index is 0.280. The number of ether oxygens (including phenoxy) is 1. The molecule has 0 saturated carbocycles. The molecule has 0 saturated heterocycles. The van der Waals surface area contributed by atoms with E-state index in [9.17, 15) is 0 Å². The molecule has 0 fully saturated rings. The van der Waals surface area contributed by atoms with Crippen molar-refractivity contribution in [3.05, 3.63) is 66.3 Å². The summed E-state index contributed by atoms with van der Waals surface area (Å²) in [6.07, 6.45) is 3.66. The van der Waals surface area contributed by atoms with Gasteiger partial charge in [0.15, 0.2) is 5.96 Å². The summed E-state index contributed by atoms with van der Waals surface area (Å²) < 4.78 is 5.53. The molecule has 5 N–H and O–H groups in total. The third-order valence-corrected chi connectivity index (χ3v) is 4.39. The third kappa shape index (κ3) is 4.76. The van der Waals surface area contributed by atoms with Crippen LogP contribution in [0, 0.1) is 6.92 Å². The van der Waals surface area contributed by atoms with Crippen molar-refractivity contribution in [3.8, 4) is 17.0 Å². The normalized spacial score (nSPS) is 12.1. The topological polar surface area (TPSA) is 100 Å². The number of nitrogens with one attached hydrogen (secondary N) is 3. The Morgan fingerprint density at radius 3 is 2.83 bits per heavy atom. The standard InChI is InChI=1S/C22H26N6O/c1-13(24-4)8-14(2)27-22(23)28-17-6-7-21(29-5)18(10-17)20-11-19-16(12-25-20)9-15(3)26-19/h6-12,24,26H,1H2,2-5H3,(H3,23,27,28)/b14-8-. The first-order chi connectivity index (χ1) is 13.9. The van der Waals surface area contributed by atoms with Crippen LogP contribution in [-0.4, -0.2) is 30.1 Å². The molecule has 0 spiro atoms. The van der Waals surface area contributed by atoms with Gasteiger partial charge in [-0.1, -0.05) is 6.58 Å². The summed E-state index contributed by atoms with van der Waals surface area (Å²) in [5, 5.41) is 7.13. The summed E-state index contributed by atoms with van der Waals surface area (Å²) in [5.74, 6) is 1.00. The first-order valence-corrected chi connectivity index (χ1v) is 9.19. The maximum atomic E-state index is 6.06. The van der Waals surface area contributed by atoms with E-state index in [1.807, 2.05) is 50.4 Å². The maximum Gasteiger partial charge on any atom is 0.198 e. The number of rotatable bonds is 6. The number of nitrogens with two attached hydrogens (primary N) is 1. The molecule has 7 nitrogen and oxygen atoms in total. The first kappa shape index (κ1) is 20.0. The van der Waals surface area contributed by atoms with Crippen LogP contribution in [0.4, 0.5) is 5.69 Å². The number of nitrogens with zero attached hydrogens (tertiary/aromatic N) is 2. The van der Waals surface area contributed by atoms with Gasteiger partial charge in [-0.2, -0.15) is 0 Å². The zero-order chi connectivity index (χ0) is 21.0. The van der Waals surface area contributed by atoms with Gasteiger partial charge in [-0.15, -0.1) is 0 Å². The Morgan fingerprint density at radius 1 is 1.31 bits per heavy atom. The van der Waals surface area contributed by atoms with Crippen molar-refractivity contribution in [2.75, 3.05) is 19.5 Å². The van der Waals surface area contributed by atoms with E-state index in [-0.39, 0.29) is 5.96 Å². The molecule has 2 aromatic heterocycles. The molecule has 0 aliphatic heterocycles. The number of aromatic nitrogens is 2. The van der Waals surface area contributed by atoms with Crippen molar-refractivity contribution in [1.29, 1.82) is 0 Å². The molecular formula is C22H26N6O. The lowest BCUT2D eigenvalue weighted by Crippen LogP contribution is -2.22. The molecule has 0 bridgehead atoms. The fourth-order valence-corrected chi connectivity index (χ4v) is 3.03. The molecular weight excluding hydrogens is 364 g/mol. The SMILES string of the molecule is C=C(/C=C(C)\N=C(/N)Nc1ccc(OC)c(-c2cc3[nH]c(C)cc3cn2)c1)NC. The minimum Gasteiger partial charge on any atom is -0.496 e. The van der Waals surface area contributed by atoms with Gasteiger partial charge in [-0.05, 0) is 50.3 Å². The van der Waals surface area contributed by atoms with Gasteiger partial charge in [0.25, 0.3) is 0 Å². The Morgan fingerprint density at radius 2 is 2.10 bits per heavy atom. The number of methoxy groups -OCH3 is 1. The lowest BCUT2D eigenvalue weighted by molar-refractivity contribution is 0.416. The molecule has 0 atom stereocenters. The Bertz CT molecular complexity index is 1110. The minimum absolute atomic E-state index is 0.280. The van der Waals surface area contributed by atoms with E-state index in [0.717, 1.165) is 50.7 Å². The van der Waals surface area contributed by atoms with Crippen molar-refractivity contribution in [2.45, 2.75) is 13.8 Å². The van der Waals surface area contributed by atoms with Crippen molar-refractivity contribution in [3.63, 3.8) is 0 Å². The van der Waals surface area contributed by atoms with E-state index in [1.54, 1.807) is 14.2 Å². The smallest absolute Gasteiger partial charge is 0.198 e. The van der Waals surface area contributed by atoms with Crippen molar-refractivity contribution >= 4 is 22.5 Å². The maximum absolute atomic E-state index is 6.06. The summed E-state index contributed by atoms with van der Waals surface area (Å²) in [5.41, 5.74) is 12.1. The Balaban J connectivity index is 1.92. The molecule has 0 unspecified atom stereocenters. The molecule has 0 aliphatic carbocycles. The van der Waals surface area contributed by atoms with Crippen LogP contribution in [0.3, 0.4) is 0 Å². The predicted octanol–water partition coefficient (Wildman–Crippen LogP) is 3.91. The lowest BCUT2D eigenvalue weighted by Gasteiger charge is -2.12. The van der Waals surface area contributed by atoms with Crippen LogP contribution < -0.4 is 21.1 Å². The Kier molecular flexibility index (Phi) is 5.87. The highest BCUT2D eigenvalue weighted by atomic mass is 16.5. The lowest BCUT2D eigenvalue weighted by atomic mass is 10.1. The number of anilines is 1. The average molecular weight is 390 g/mol. The van der Waals surface area contributed by atoms with E-state index in [4.69, 9.17) is 10.5 Å². The van der Waals surface area contributed by atoms with Gasteiger partial charge in [-0.25, -0.2) is 4.99 Å².